The normalized spacial score (nSPS) is 17.9. The van der Waals surface area contributed by atoms with Crippen LogP contribution in [0.1, 0.15) is 40.9 Å². The number of thiazole rings is 1. The first kappa shape index (κ1) is 17.0. The first-order valence-corrected chi connectivity index (χ1v) is 9.75. The van der Waals surface area contributed by atoms with Crippen LogP contribution < -0.4 is 10.2 Å². The number of anilines is 1. The highest BCUT2D eigenvalue weighted by Gasteiger charge is 2.36. The quantitative estimate of drug-likeness (QED) is 0.876. The zero-order valence-corrected chi connectivity index (χ0v) is 15.2. The molecule has 2 aromatic rings. The summed E-state index contributed by atoms with van der Waals surface area (Å²) < 4.78 is 0. The van der Waals surface area contributed by atoms with E-state index in [1.165, 1.54) is 30.4 Å². The molecule has 0 unspecified atom stereocenters. The second-order valence-electron chi connectivity index (χ2n) is 6.60. The summed E-state index contributed by atoms with van der Waals surface area (Å²) in [5.74, 6) is -0.169. The molecule has 0 radical (unpaired) electrons. The Morgan fingerprint density at radius 2 is 2.12 bits per heavy atom. The van der Waals surface area contributed by atoms with E-state index in [-0.39, 0.29) is 11.9 Å². The van der Waals surface area contributed by atoms with E-state index in [0.717, 1.165) is 24.3 Å². The highest BCUT2D eigenvalue weighted by Crippen LogP contribution is 2.30. The topological polar surface area (TPSA) is 78.4 Å². The molecule has 4 rings (SSSR count). The van der Waals surface area contributed by atoms with Crippen LogP contribution in [0.15, 0.2) is 30.7 Å². The predicted octanol–water partition coefficient (Wildman–Crippen LogP) is 2.65. The molecule has 2 fully saturated rings. The number of carbonyl (C=O) groups excluding carboxylic acids is 2. The summed E-state index contributed by atoms with van der Waals surface area (Å²) in [5.41, 5.74) is 0.527. The van der Waals surface area contributed by atoms with Gasteiger partial charge in [0.15, 0.2) is 5.13 Å². The number of hydrogen-bond donors (Lipinski definition) is 1. The van der Waals surface area contributed by atoms with E-state index in [1.807, 2.05) is 4.90 Å². The third-order valence-corrected chi connectivity index (χ3v) is 5.95. The Kier molecular flexibility index (Phi) is 4.83. The van der Waals surface area contributed by atoms with Crippen molar-refractivity contribution in [2.24, 2.45) is 0 Å². The van der Waals surface area contributed by atoms with Gasteiger partial charge in [0.2, 0.25) is 0 Å². The molecule has 7 nitrogen and oxygen atoms in total. The van der Waals surface area contributed by atoms with E-state index in [2.05, 4.69) is 15.3 Å². The third kappa shape index (κ3) is 3.41. The smallest absolute Gasteiger partial charge is 0.326 e. The van der Waals surface area contributed by atoms with Gasteiger partial charge in [0.1, 0.15) is 0 Å². The average molecular weight is 371 g/mol. The number of nitrogens with one attached hydrogen (secondary N) is 1. The molecule has 1 aliphatic heterocycles. The van der Waals surface area contributed by atoms with Gasteiger partial charge in [-0.3, -0.25) is 14.7 Å². The Balaban J connectivity index is 1.36. The van der Waals surface area contributed by atoms with Gasteiger partial charge >= 0.3 is 6.03 Å². The van der Waals surface area contributed by atoms with Crippen LogP contribution in [0.25, 0.3) is 0 Å². The van der Waals surface area contributed by atoms with Crippen LogP contribution >= 0.6 is 11.3 Å². The lowest BCUT2D eigenvalue weighted by molar-refractivity contribution is 0.0951. The zero-order chi connectivity index (χ0) is 17.9. The van der Waals surface area contributed by atoms with Gasteiger partial charge in [0.05, 0.1) is 12.1 Å². The Morgan fingerprint density at radius 3 is 2.88 bits per heavy atom. The lowest BCUT2D eigenvalue weighted by Crippen LogP contribution is -2.37. The minimum atomic E-state index is -0.169. The highest BCUT2D eigenvalue weighted by molar-refractivity contribution is 7.15. The molecule has 1 saturated carbocycles. The molecule has 0 aromatic carbocycles. The summed E-state index contributed by atoms with van der Waals surface area (Å²) in [6.07, 6.45) is 9.56. The SMILES string of the molecule is O=C(NCc1cnc(N2CCN(C3CCCC3)C2=O)s1)c1cccnc1. The fraction of sp³-hybridized carbons (Fsp3) is 0.444. The zero-order valence-electron chi connectivity index (χ0n) is 14.4. The van der Waals surface area contributed by atoms with Crippen LogP contribution in [-0.2, 0) is 6.54 Å². The van der Waals surface area contributed by atoms with E-state index >= 15 is 0 Å². The van der Waals surface area contributed by atoms with Gasteiger partial charge in [-0.1, -0.05) is 24.2 Å². The maximum Gasteiger partial charge on any atom is 0.326 e. The monoisotopic (exact) mass is 371 g/mol. The van der Waals surface area contributed by atoms with E-state index in [9.17, 15) is 9.59 Å². The van der Waals surface area contributed by atoms with E-state index in [1.54, 1.807) is 29.4 Å². The van der Waals surface area contributed by atoms with Crippen LogP contribution in [0.4, 0.5) is 9.93 Å². The average Bonchev–Trinajstić information content (AvgIpc) is 3.41. The van der Waals surface area contributed by atoms with Gasteiger partial charge in [0, 0.05) is 42.6 Å². The van der Waals surface area contributed by atoms with Crippen molar-refractivity contribution in [3.63, 3.8) is 0 Å². The second kappa shape index (κ2) is 7.41. The number of carbonyl (C=O) groups is 2. The number of rotatable bonds is 5. The van der Waals surface area contributed by atoms with Crippen molar-refractivity contribution < 1.29 is 9.59 Å². The number of nitrogens with zero attached hydrogens (tertiary/aromatic N) is 4. The van der Waals surface area contributed by atoms with Gasteiger partial charge in [0.25, 0.3) is 5.91 Å². The lowest BCUT2D eigenvalue weighted by Gasteiger charge is -2.23. The Morgan fingerprint density at radius 1 is 1.27 bits per heavy atom. The molecule has 2 aliphatic rings. The molecule has 0 atom stereocenters. The maximum absolute atomic E-state index is 12.7. The van der Waals surface area contributed by atoms with Crippen LogP contribution in [0.2, 0.25) is 0 Å². The lowest BCUT2D eigenvalue weighted by atomic mass is 10.2. The summed E-state index contributed by atoms with van der Waals surface area (Å²) in [5, 5.41) is 3.57. The van der Waals surface area contributed by atoms with Crippen molar-refractivity contribution in [3.8, 4) is 0 Å². The Hall–Kier alpha value is -2.48. The van der Waals surface area contributed by atoms with Crippen molar-refractivity contribution >= 4 is 28.4 Å². The van der Waals surface area contributed by atoms with Gasteiger partial charge in [-0.2, -0.15) is 0 Å². The molecule has 1 aliphatic carbocycles. The van der Waals surface area contributed by atoms with E-state index < -0.39 is 0 Å². The molecule has 1 saturated heterocycles. The van der Waals surface area contributed by atoms with Crippen LogP contribution in [0, 0.1) is 0 Å². The van der Waals surface area contributed by atoms with Crippen molar-refractivity contribution in [2.75, 3.05) is 18.0 Å². The molecule has 26 heavy (non-hydrogen) atoms. The van der Waals surface area contributed by atoms with Gasteiger partial charge < -0.3 is 10.2 Å². The number of hydrogen-bond acceptors (Lipinski definition) is 5. The number of urea groups is 1. The van der Waals surface area contributed by atoms with Crippen LogP contribution in [0.5, 0.6) is 0 Å². The molecule has 0 spiro atoms. The largest absolute Gasteiger partial charge is 0.347 e. The summed E-state index contributed by atoms with van der Waals surface area (Å²) in [6, 6.07) is 3.92. The number of amides is 3. The molecule has 2 aromatic heterocycles. The van der Waals surface area contributed by atoms with Crippen LogP contribution in [-0.4, -0.2) is 45.9 Å². The molecular weight excluding hydrogens is 350 g/mol. The molecule has 1 N–H and O–H groups in total. The second-order valence-corrected chi connectivity index (χ2v) is 7.69. The first-order chi connectivity index (χ1) is 12.7. The molecule has 0 bridgehead atoms. The van der Waals surface area contributed by atoms with Crippen molar-refractivity contribution in [1.82, 2.24) is 20.2 Å². The van der Waals surface area contributed by atoms with Crippen molar-refractivity contribution in [3.05, 3.63) is 41.2 Å². The molecule has 136 valence electrons. The molecular formula is C18H21N5O2S. The van der Waals surface area contributed by atoms with Crippen molar-refractivity contribution in [1.29, 1.82) is 0 Å². The summed E-state index contributed by atoms with van der Waals surface area (Å²) >= 11 is 1.45. The summed E-state index contributed by atoms with van der Waals surface area (Å²) in [7, 11) is 0. The summed E-state index contributed by atoms with van der Waals surface area (Å²) in [4.78, 5) is 37.8. The van der Waals surface area contributed by atoms with Gasteiger partial charge in [-0.05, 0) is 25.0 Å². The highest BCUT2D eigenvalue weighted by atomic mass is 32.1. The minimum Gasteiger partial charge on any atom is -0.347 e. The maximum atomic E-state index is 12.7. The standard InChI is InChI=1S/C18H21N5O2S/c24-16(13-4-3-7-19-10-13)20-11-15-12-21-17(26-15)23-9-8-22(18(23)25)14-5-1-2-6-14/h3-4,7,10,12,14H,1-2,5-6,8-9,11H2,(H,20,24). The number of aromatic nitrogens is 2. The van der Waals surface area contributed by atoms with E-state index in [0.29, 0.717) is 29.8 Å². The Labute approximate surface area is 156 Å². The van der Waals surface area contributed by atoms with Crippen molar-refractivity contribution in [2.45, 2.75) is 38.3 Å². The number of pyridine rings is 1. The first-order valence-electron chi connectivity index (χ1n) is 8.93. The third-order valence-electron chi connectivity index (χ3n) is 4.93. The molecule has 8 heteroatoms. The Bertz CT molecular complexity index is 788. The molecule has 3 amide bonds. The minimum absolute atomic E-state index is 0.0668. The summed E-state index contributed by atoms with van der Waals surface area (Å²) in [6.45, 7) is 1.85. The predicted molar refractivity (Wildman–Crippen MR) is 99.2 cm³/mol. The van der Waals surface area contributed by atoms with E-state index in [4.69, 9.17) is 0 Å². The fourth-order valence-corrected chi connectivity index (χ4v) is 4.43. The van der Waals surface area contributed by atoms with Gasteiger partial charge in [-0.25, -0.2) is 9.78 Å². The van der Waals surface area contributed by atoms with Crippen LogP contribution in [0.3, 0.4) is 0 Å². The fourth-order valence-electron chi connectivity index (χ4n) is 3.56. The van der Waals surface area contributed by atoms with Gasteiger partial charge in [-0.15, -0.1) is 0 Å². The molecule has 3 heterocycles.